The molecule has 1 fully saturated rings. The summed E-state index contributed by atoms with van der Waals surface area (Å²) in [6.45, 7) is 1.80. The van der Waals surface area contributed by atoms with Gasteiger partial charge in [0.05, 0.1) is 29.5 Å². The van der Waals surface area contributed by atoms with E-state index in [1.54, 1.807) is 19.2 Å². The number of nitrogens with zero attached hydrogens (tertiary/aromatic N) is 4. The molecule has 3 heterocycles. The van der Waals surface area contributed by atoms with E-state index in [0.29, 0.717) is 5.69 Å². The molecule has 0 aromatic carbocycles. The number of alkyl halides is 3. The number of rotatable bonds is 3. The second-order valence-electron chi connectivity index (χ2n) is 6.67. The molecule has 2 amide bonds. The molecule has 0 radical (unpaired) electrons. The Morgan fingerprint density at radius 1 is 1.21 bits per heavy atom. The Labute approximate surface area is 161 Å². The number of amides is 2. The van der Waals surface area contributed by atoms with Gasteiger partial charge in [-0.2, -0.15) is 18.3 Å². The minimum Gasteiger partial charge on any atom is -0.306 e. The van der Waals surface area contributed by atoms with Crippen molar-refractivity contribution in [3.8, 4) is 0 Å². The van der Waals surface area contributed by atoms with Crippen molar-refractivity contribution in [3.05, 3.63) is 47.1 Å². The highest BCUT2D eigenvalue weighted by Gasteiger charge is 2.66. The number of aromatic nitrogens is 4. The highest BCUT2D eigenvalue weighted by molar-refractivity contribution is 6.29. The second kappa shape index (κ2) is 6.33. The minimum absolute atomic E-state index is 0.0131. The van der Waals surface area contributed by atoms with Crippen molar-refractivity contribution in [1.82, 2.24) is 19.6 Å². The Morgan fingerprint density at radius 3 is 2.61 bits per heavy atom. The highest BCUT2D eigenvalue weighted by Crippen LogP contribution is 2.60. The van der Waals surface area contributed by atoms with Crippen LogP contribution >= 0.6 is 11.6 Å². The summed E-state index contributed by atoms with van der Waals surface area (Å²) in [5.41, 5.74) is -0.968. The van der Waals surface area contributed by atoms with Crippen LogP contribution in [0.5, 0.6) is 0 Å². The molecule has 146 valence electrons. The van der Waals surface area contributed by atoms with Gasteiger partial charge < -0.3 is 10.6 Å². The van der Waals surface area contributed by atoms with E-state index in [2.05, 4.69) is 25.7 Å². The number of fused-ring (bicyclic) bond motifs is 1. The average Bonchev–Trinajstić information content (AvgIpc) is 3.31. The van der Waals surface area contributed by atoms with Crippen LogP contribution in [-0.2, 0) is 5.41 Å². The summed E-state index contributed by atoms with van der Waals surface area (Å²) in [7, 11) is 0. The molecule has 3 aromatic rings. The van der Waals surface area contributed by atoms with Crippen LogP contribution in [0.1, 0.15) is 24.1 Å². The lowest BCUT2D eigenvalue weighted by molar-refractivity contribution is -0.161. The van der Waals surface area contributed by atoms with Gasteiger partial charge in [0, 0.05) is 12.3 Å². The van der Waals surface area contributed by atoms with Crippen molar-refractivity contribution in [2.75, 3.05) is 10.6 Å². The topological polar surface area (TPSA) is 84.2 Å². The number of hydrogen-bond donors (Lipinski definition) is 2. The van der Waals surface area contributed by atoms with E-state index >= 15 is 0 Å². The number of hydrogen-bond acceptors (Lipinski definition) is 4. The standard InChI is InChI=1S/C17H14ClF3N6O/c1-9-4-10(7-22-6-9)24-15(28)25-11-8-23-13-5-12(18)26-27(13)14(11)16(2-3-16)17(19,20)21/h4-8H,2-3H2,1H3,(H2,24,25,28). The van der Waals surface area contributed by atoms with Gasteiger partial charge in [0.25, 0.3) is 0 Å². The van der Waals surface area contributed by atoms with Crippen LogP contribution in [0.15, 0.2) is 30.7 Å². The predicted octanol–water partition coefficient (Wildman–Crippen LogP) is 4.32. The third kappa shape index (κ3) is 3.13. The van der Waals surface area contributed by atoms with E-state index in [4.69, 9.17) is 11.6 Å². The largest absolute Gasteiger partial charge is 0.400 e. The molecule has 1 aliphatic carbocycles. The van der Waals surface area contributed by atoms with Gasteiger partial charge in [0.15, 0.2) is 10.8 Å². The molecule has 0 bridgehead atoms. The van der Waals surface area contributed by atoms with Crippen molar-refractivity contribution in [3.63, 3.8) is 0 Å². The summed E-state index contributed by atoms with van der Waals surface area (Å²) in [6, 6.07) is 2.33. The number of nitrogens with one attached hydrogen (secondary N) is 2. The Hall–Kier alpha value is -2.88. The maximum absolute atomic E-state index is 13.8. The summed E-state index contributed by atoms with van der Waals surface area (Å²) < 4.78 is 42.4. The number of urea groups is 1. The quantitative estimate of drug-likeness (QED) is 0.673. The summed E-state index contributed by atoms with van der Waals surface area (Å²) >= 11 is 5.86. The number of carbonyl (C=O) groups is 1. The zero-order chi connectivity index (χ0) is 20.1. The fraction of sp³-hybridized carbons (Fsp3) is 0.294. The van der Waals surface area contributed by atoms with Gasteiger partial charge in [-0.05, 0) is 31.4 Å². The van der Waals surface area contributed by atoms with Gasteiger partial charge in [-0.3, -0.25) is 4.98 Å². The summed E-state index contributed by atoms with van der Waals surface area (Å²) in [5.74, 6) is 0. The van der Waals surface area contributed by atoms with Gasteiger partial charge in [-0.15, -0.1) is 0 Å². The van der Waals surface area contributed by atoms with Gasteiger partial charge in [0.1, 0.15) is 5.41 Å². The summed E-state index contributed by atoms with van der Waals surface area (Å²) in [5, 5.41) is 8.95. The normalized spacial score (nSPS) is 15.5. The zero-order valence-corrected chi connectivity index (χ0v) is 15.3. The number of halogens is 4. The molecule has 7 nitrogen and oxygen atoms in total. The molecule has 4 rings (SSSR count). The molecule has 11 heteroatoms. The maximum Gasteiger partial charge on any atom is 0.400 e. The molecule has 28 heavy (non-hydrogen) atoms. The van der Waals surface area contributed by atoms with Gasteiger partial charge in [-0.1, -0.05) is 11.6 Å². The molecule has 1 saturated carbocycles. The molecule has 0 aliphatic heterocycles. The van der Waals surface area contributed by atoms with E-state index in [1.165, 1.54) is 18.5 Å². The third-order valence-electron chi connectivity index (χ3n) is 4.58. The average molecular weight is 411 g/mol. The monoisotopic (exact) mass is 410 g/mol. The molecule has 2 N–H and O–H groups in total. The lowest BCUT2D eigenvalue weighted by atomic mass is 10.00. The molecule has 0 atom stereocenters. The molecular weight excluding hydrogens is 397 g/mol. The Morgan fingerprint density at radius 2 is 1.96 bits per heavy atom. The van der Waals surface area contributed by atoms with E-state index < -0.39 is 17.6 Å². The van der Waals surface area contributed by atoms with Crippen LogP contribution in [0, 0.1) is 6.92 Å². The van der Waals surface area contributed by atoms with Gasteiger partial charge in [-0.25, -0.2) is 14.3 Å². The summed E-state index contributed by atoms with van der Waals surface area (Å²) in [6.07, 6.45) is -0.493. The Balaban J connectivity index is 1.73. The van der Waals surface area contributed by atoms with E-state index in [0.717, 1.165) is 10.1 Å². The van der Waals surface area contributed by atoms with Gasteiger partial charge in [0.2, 0.25) is 0 Å². The van der Waals surface area contributed by atoms with Crippen molar-refractivity contribution in [1.29, 1.82) is 0 Å². The lowest BCUT2D eigenvalue weighted by Gasteiger charge is -2.23. The van der Waals surface area contributed by atoms with Crippen LogP contribution < -0.4 is 10.6 Å². The Bertz CT molecular complexity index is 1080. The number of anilines is 2. The first kappa shape index (κ1) is 18.5. The molecule has 0 spiro atoms. The SMILES string of the molecule is Cc1cncc(NC(=O)Nc2cnc3cc(Cl)nn3c2C2(C(F)(F)F)CC2)c1. The van der Waals surface area contributed by atoms with Crippen molar-refractivity contribution in [2.24, 2.45) is 0 Å². The summed E-state index contributed by atoms with van der Waals surface area (Å²) in [4.78, 5) is 20.4. The van der Waals surface area contributed by atoms with Crippen LogP contribution in [0.4, 0.5) is 29.3 Å². The highest BCUT2D eigenvalue weighted by atomic mass is 35.5. The molecule has 0 saturated heterocycles. The first-order chi connectivity index (χ1) is 13.2. The second-order valence-corrected chi connectivity index (χ2v) is 7.05. The number of pyridine rings is 1. The number of aryl methyl sites for hydroxylation is 1. The fourth-order valence-corrected chi connectivity index (χ4v) is 3.32. The molecule has 0 unspecified atom stereocenters. The van der Waals surface area contributed by atoms with Crippen molar-refractivity contribution < 1.29 is 18.0 Å². The minimum atomic E-state index is -4.51. The fourth-order valence-electron chi connectivity index (χ4n) is 3.15. The first-order valence-corrected chi connectivity index (χ1v) is 8.68. The number of carbonyl (C=O) groups excluding carboxylic acids is 1. The van der Waals surface area contributed by atoms with Crippen molar-refractivity contribution >= 4 is 34.7 Å². The van der Waals surface area contributed by atoms with Gasteiger partial charge >= 0.3 is 12.2 Å². The first-order valence-electron chi connectivity index (χ1n) is 8.31. The molecular formula is C17H14ClF3N6O. The third-order valence-corrected chi connectivity index (χ3v) is 4.77. The van der Waals surface area contributed by atoms with E-state index in [1.807, 2.05) is 0 Å². The van der Waals surface area contributed by atoms with Crippen molar-refractivity contribution in [2.45, 2.75) is 31.4 Å². The van der Waals surface area contributed by atoms with E-state index in [-0.39, 0.29) is 35.0 Å². The van der Waals surface area contributed by atoms with Crippen LogP contribution in [-0.4, -0.2) is 31.8 Å². The van der Waals surface area contributed by atoms with Crippen LogP contribution in [0.25, 0.3) is 5.65 Å². The molecule has 3 aromatic heterocycles. The smallest absolute Gasteiger partial charge is 0.306 e. The maximum atomic E-state index is 13.8. The van der Waals surface area contributed by atoms with Crippen LogP contribution in [0.2, 0.25) is 5.15 Å². The van der Waals surface area contributed by atoms with E-state index in [9.17, 15) is 18.0 Å². The van der Waals surface area contributed by atoms with Crippen LogP contribution in [0.3, 0.4) is 0 Å². The molecule has 1 aliphatic rings. The zero-order valence-electron chi connectivity index (χ0n) is 14.5. The Kier molecular flexibility index (Phi) is 4.18. The predicted molar refractivity (Wildman–Crippen MR) is 96.6 cm³/mol. The lowest BCUT2D eigenvalue weighted by Crippen LogP contribution is -2.33.